The SMILES string of the molecule is C[C@](O)(CS(=O)c1ccccc1F)C(=O)Nc1ccc(C#N)c(C(F)(F)F)c1. The molecular formula is C18H14F4N2O3S. The summed E-state index contributed by atoms with van der Waals surface area (Å²) in [5, 5.41) is 21.2. The van der Waals surface area contributed by atoms with Crippen molar-refractivity contribution in [3.8, 4) is 6.07 Å². The molecule has 0 aliphatic heterocycles. The van der Waals surface area contributed by atoms with E-state index in [4.69, 9.17) is 5.26 Å². The Balaban J connectivity index is 2.21. The van der Waals surface area contributed by atoms with Gasteiger partial charge in [-0.05, 0) is 37.3 Å². The minimum Gasteiger partial charge on any atom is -0.379 e. The fraction of sp³-hybridized carbons (Fsp3) is 0.222. The van der Waals surface area contributed by atoms with Crippen molar-refractivity contribution in [3.63, 3.8) is 0 Å². The minimum absolute atomic E-state index is 0.215. The van der Waals surface area contributed by atoms with E-state index in [2.05, 4.69) is 5.32 Å². The third-order valence-electron chi connectivity index (χ3n) is 3.69. The van der Waals surface area contributed by atoms with E-state index in [1.54, 1.807) is 0 Å². The van der Waals surface area contributed by atoms with Crippen LogP contribution in [0.2, 0.25) is 0 Å². The van der Waals surface area contributed by atoms with Gasteiger partial charge in [0.1, 0.15) is 5.82 Å². The number of aliphatic hydroxyl groups is 1. The lowest BCUT2D eigenvalue weighted by Gasteiger charge is -2.22. The Labute approximate surface area is 160 Å². The third-order valence-corrected chi connectivity index (χ3v) is 5.33. The molecule has 0 fully saturated rings. The minimum atomic E-state index is -4.82. The van der Waals surface area contributed by atoms with Crippen molar-refractivity contribution in [3.05, 3.63) is 59.4 Å². The number of hydrogen-bond donors (Lipinski definition) is 2. The Morgan fingerprint density at radius 3 is 2.46 bits per heavy atom. The van der Waals surface area contributed by atoms with E-state index in [9.17, 15) is 31.7 Å². The monoisotopic (exact) mass is 414 g/mol. The highest BCUT2D eigenvalue weighted by Gasteiger charge is 2.36. The van der Waals surface area contributed by atoms with E-state index in [-0.39, 0.29) is 10.6 Å². The van der Waals surface area contributed by atoms with Gasteiger partial charge in [-0.2, -0.15) is 18.4 Å². The van der Waals surface area contributed by atoms with Gasteiger partial charge in [-0.3, -0.25) is 9.00 Å². The maximum atomic E-state index is 13.7. The number of nitrogens with one attached hydrogen (secondary N) is 1. The van der Waals surface area contributed by atoms with Crippen molar-refractivity contribution >= 4 is 22.4 Å². The summed E-state index contributed by atoms with van der Waals surface area (Å²) in [6.45, 7) is 1.01. The Morgan fingerprint density at radius 1 is 1.25 bits per heavy atom. The first-order valence-electron chi connectivity index (χ1n) is 7.74. The summed E-state index contributed by atoms with van der Waals surface area (Å²) in [7, 11) is -2.08. The van der Waals surface area contributed by atoms with E-state index < -0.39 is 51.2 Å². The highest BCUT2D eigenvalue weighted by atomic mass is 32.2. The first kappa shape index (κ1) is 21.5. The molecule has 2 atom stereocenters. The van der Waals surface area contributed by atoms with E-state index >= 15 is 0 Å². The molecule has 1 unspecified atom stereocenters. The molecule has 5 nitrogen and oxygen atoms in total. The number of carbonyl (C=O) groups is 1. The van der Waals surface area contributed by atoms with Crippen molar-refractivity contribution in [2.45, 2.75) is 23.6 Å². The van der Waals surface area contributed by atoms with Crippen LogP contribution in [0, 0.1) is 17.1 Å². The number of nitriles is 1. The number of alkyl halides is 3. The van der Waals surface area contributed by atoms with Crippen LogP contribution in [0.25, 0.3) is 0 Å². The standard InChI is InChI=1S/C18H14F4N2O3S/c1-17(26,10-28(27)15-5-3-2-4-14(15)19)16(25)24-12-7-6-11(9-23)13(8-12)18(20,21)22/h2-8,26H,10H2,1H3,(H,24,25)/t17-,28?/m0/s1. The molecule has 0 bridgehead atoms. The molecule has 0 heterocycles. The van der Waals surface area contributed by atoms with Gasteiger partial charge < -0.3 is 10.4 Å². The molecule has 28 heavy (non-hydrogen) atoms. The van der Waals surface area contributed by atoms with Crippen LogP contribution in [0.15, 0.2) is 47.4 Å². The number of nitrogens with zero attached hydrogens (tertiary/aromatic N) is 1. The summed E-state index contributed by atoms with van der Waals surface area (Å²) >= 11 is 0. The zero-order chi connectivity index (χ0) is 21.1. The first-order valence-corrected chi connectivity index (χ1v) is 9.05. The number of rotatable bonds is 5. The van der Waals surface area contributed by atoms with Gasteiger partial charge in [0.2, 0.25) is 0 Å². The fourth-order valence-electron chi connectivity index (χ4n) is 2.25. The average Bonchev–Trinajstić information content (AvgIpc) is 2.60. The molecule has 0 aliphatic carbocycles. The largest absolute Gasteiger partial charge is 0.417 e. The maximum absolute atomic E-state index is 13.7. The molecule has 2 rings (SSSR count). The summed E-state index contributed by atoms with van der Waals surface area (Å²) in [5.74, 6) is -2.59. The molecule has 1 amide bonds. The van der Waals surface area contributed by atoms with Gasteiger partial charge in [-0.25, -0.2) is 4.39 Å². The lowest BCUT2D eigenvalue weighted by Crippen LogP contribution is -2.44. The number of anilines is 1. The molecule has 2 aromatic rings. The Hall–Kier alpha value is -2.77. The maximum Gasteiger partial charge on any atom is 0.417 e. The van der Waals surface area contributed by atoms with E-state index in [0.717, 1.165) is 25.1 Å². The molecule has 0 saturated carbocycles. The molecule has 0 aliphatic rings. The van der Waals surface area contributed by atoms with Crippen molar-refractivity contribution in [2.75, 3.05) is 11.1 Å². The van der Waals surface area contributed by atoms with Gasteiger partial charge in [0.25, 0.3) is 5.91 Å². The summed E-state index contributed by atoms with van der Waals surface area (Å²) in [5.41, 5.74) is -4.45. The van der Waals surface area contributed by atoms with Crippen molar-refractivity contribution < 1.29 is 31.7 Å². The van der Waals surface area contributed by atoms with Gasteiger partial charge in [-0.15, -0.1) is 0 Å². The van der Waals surface area contributed by atoms with E-state index in [0.29, 0.717) is 6.07 Å². The highest BCUT2D eigenvalue weighted by molar-refractivity contribution is 7.85. The van der Waals surface area contributed by atoms with Crippen LogP contribution in [-0.4, -0.2) is 26.6 Å². The second-order valence-electron chi connectivity index (χ2n) is 6.02. The van der Waals surface area contributed by atoms with Crippen molar-refractivity contribution in [2.24, 2.45) is 0 Å². The van der Waals surface area contributed by atoms with Crippen LogP contribution in [-0.2, 0) is 21.8 Å². The van der Waals surface area contributed by atoms with Gasteiger partial charge in [0.05, 0.1) is 38.6 Å². The molecule has 0 radical (unpaired) electrons. The highest BCUT2D eigenvalue weighted by Crippen LogP contribution is 2.33. The van der Waals surface area contributed by atoms with E-state index in [1.165, 1.54) is 24.3 Å². The van der Waals surface area contributed by atoms with Crippen molar-refractivity contribution in [1.82, 2.24) is 0 Å². The summed E-state index contributed by atoms with van der Waals surface area (Å²) in [6, 6.07) is 9.01. The predicted molar refractivity (Wildman–Crippen MR) is 93.1 cm³/mol. The summed E-state index contributed by atoms with van der Waals surface area (Å²) in [6.07, 6.45) is -4.82. The lowest BCUT2D eigenvalue weighted by atomic mass is 10.1. The lowest BCUT2D eigenvalue weighted by molar-refractivity contribution is -0.137. The number of amides is 1. The van der Waals surface area contributed by atoms with Gasteiger partial charge in [0.15, 0.2) is 5.60 Å². The molecule has 0 aromatic heterocycles. The molecule has 2 aromatic carbocycles. The summed E-state index contributed by atoms with van der Waals surface area (Å²) < 4.78 is 64.9. The predicted octanol–water partition coefficient (Wildman–Crippen LogP) is 3.21. The molecule has 148 valence electrons. The molecule has 0 saturated heterocycles. The summed E-state index contributed by atoms with van der Waals surface area (Å²) in [4.78, 5) is 12.1. The van der Waals surface area contributed by atoms with Crippen LogP contribution < -0.4 is 5.32 Å². The van der Waals surface area contributed by atoms with Crippen LogP contribution in [0.3, 0.4) is 0 Å². The van der Waals surface area contributed by atoms with Gasteiger partial charge >= 0.3 is 6.18 Å². The van der Waals surface area contributed by atoms with E-state index in [1.807, 2.05) is 0 Å². The van der Waals surface area contributed by atoms with Gasteiger partial charge in [0, 0.05) is 5.69 Å². The second-order valence-corrected chi connectivity index (χ2v) is 7.44. The first-order chi connectivity index (χ1) is 13.0. The number of halogens is 4. The quantitative estimate of drug-likeness (QED) is 0.736. The fourth-order valence-corrected chi connectivity index (χ4v) is 3.56. The van der Waals surface area contributed by atoms with Crippen LogP contribution in [0.5, 0.6) is 0 Å². The van der Waals surface area contributed by atoms with Crippen LogP contribution >= 0.6 is 0 Å². The Bertz CT molecular complexity index is 968. The molecule has 2 N–H and O–H groups in total. The Kier molecular flexibility index (Phi) is 6.21. The Morgan fingerprint density at radius 2 is 1.89 bits per heavy atom. The smallest absolute Gasteiger partial charge is 0.379 e. The zero-order valence-corrected chi connectivity index (χ0v) is 15.2. The normalized spacial score (nSPS) is 14.6. The van der Waals surface area contributed by atoms with Crippen molar-refractivity contribution in [1.29, 1.82) is 5.26 Å². The average molecular weight is 414 g/mol. The molecule has 10 heteroatoms. The molecule has 0 spiro atoms. The zero-order valence-electron chi connectivity index (χ0n) is 14.4. The third kappa shape index (κ3) is 4.94. The van der Waals surface area contributed by atoms with Gasteiger partial charge in [-0.1, -0.05) is 12.1 Å². The number of carbonyl (C=O) groups excluding carboxylic acids is 1. The van der Waals surface area contributed by atoms with Crippen LogP contribution in [0.1, 0.15) is 18.1 Å². The van der Waals surface area contributed by atoms with Crippen LogP contribution in [0.4, 0.5) is 23.2 Å². The second kappa shape index (κ2) is 8.08. The topological polar surface area (TPSA) is 90.2 Å². The number of hydrogen-bond acceptors (Lipinski definition) is 4. The molecular weight excluding hydrogens is 400 g/mol. The number of benzene rings is 2.